The Morgan fingerprint density at radius 2 is 2.04 bits per heavy atom. The molecule has 126 valence electrons. The summed E-state index contributed by atoms with van der Waals surface area (Å²) in [5, 5.41) is 8.37. The Bertz CT molecular complexity index is 762. The van der Waals surface area contributed by atoms with Crippen LogP contribution in [0.25, 0.3) is 0 Å². The largest absolute Gasteiger partial charge is 0.494 e. The maximum Gasteiger partial charge on any atom is 0.167 e. The molecule has 0 atom stereocenters. The van der Waals surface area contributed by atoms with Crippen molar-refractivity contribution in [1.82, 2.24) is 9.97 Å². The zero-order chi connectivity index (χ0) is 17.1. The topological polar surface area (TPSA) is 97.3 Å². The molecule has 24 heavy (non-hydrogen) atoms. The van der Waals surface area contributed by atoms with Gasteiger partial charge in [-0.05, 0) is 6.07 Å². The highest BCUT2D eigenvalue weighted by Crippen LogP contribution is 2.26. The van der Waals surface area contributed by atoms with Crippen LogP contribution in [0.15, 0.2) is 24.5 Å². The second-order valence-electron chi connectivity index (χ2n) is 5.31. The standard InChI is InChI=1S/C16H18FN5O2/c1-23-14-6-10(12(18)7-11(14)17)16(19)13-8-15(21-9-20-13)22-2-4-24-5-3-22/h6-9,19H,2-5,18H2,1H3. The molecule has 0 bridgehead atoms. The van der Waals surface area contributed by atoms with Crippen molar-refractivity contribution >= 4 is 17.2 Å². The fraction of sp³-hybridized carbons (Fsp3) is 0.312. The molecule has 2 aromatic rings. The van der Waals surface area contributed by atoms with E-state index in [9.17, 15) is 4.39 Å². The third-order valence-electron chi connectivity index (χ3n) is 3.84. The van der Waals surface area contributed by atoms with Crippen LogP contribution in [0.5, 0.6) is 5.75 Å². The lowest BCUT2D eigenvalue weighted by molar-refractivity contribution is 0.122. The second-order valence-corrected chi connectivity index (χ2v) is 5.31. The highest BCUT2D eigenvalue weighted by molar-refractivity contribution is 6.13. The SMILES string of the molecule is COc1cc(C(=N)c2cc(N3CCOCC3)ncn2)c(N)cc1F. The number of methoxy groups -OCH3 is 1. The van der Waals surface area contributed by atoms with E-state index < -0.39 is 5.82 Å². The van der Waals surface area contributed by atoms with Crippen molar-refractivity contribution < 1.29 is 13.9 Å². The number of hydrogen-bond acceptors (Lipinski definition) is 7. The summed E-state index contributed by atoms with van der Waals surface area (Å²) >= 11 is 0. The van der Waals surface area contributed by atoms with Crippen molar-refractivity contribution in [3.05, 3.63) is 41.6 Å². The summed E-state index contributed by atoms with van der Waals surface area (Å²) in [6, 6.07) is 4.28. The van der Waals surface area contributed by atoms with Crippen LogP contribution in [0.4, 0.5) is 15.9 Å². The van der Waals surface area contributed by atoms with Crippen LogP contribution >= 0.6 is 0 Å². The van der Waals surface area contributed by atoms with E-state index in [0.717, 1.165) is 25.0 Å². The van der Waals surface area contributed by atoms with Gasteiger partial charge in [0.15, 0.2) is 11.6 Å². The van der Waals surface area contributed by atoms with Crippen LogP contribution in [0, 0.1) is 11.2 Å². The summed E-state index contributed by atoms with van der Waals surface area (Å²) in [5.74, 6) is 0.190. The summed E-state index contributed by atoms with van der Waals surface area (Å²) in [5.41, 5.74) is 6.87. The molecule has 3 rings (SSSR count). The molecule has 0 saturated carbocycles. The number of halogens is 1. The molecule has 0 unspecified atom stereocenters. The lowest BCUT2D eigenvalue weighted by Gasteiger charge is -2.27. The van der Waals surface area contributed by atoms with Crippen LogP contribution in [0.2, 0.25) is 0 Å². The summed E-state index contributed by atoms with van der Waals surface area (Å²) in [6.07, 6.45) is 1.41. The molecule has 2 heterocycles. The average Bonchev–Trinajstić information content (AvgIpc) is 2.62. The number of nitrogen functional groups attached to an aromatic ring is 1. The van der Waals surface area contributed by atoms with Gasteiger partial charge in [-0.25, -0.2) is 14.4 Å². The van der Waals surface area contributed by atoms with Crippen LogP contribution in [0.1, 0.15) is 11.3 Å². The number of benzene rings is 1. The smallest absolute Gasteiger partial charge is 0.167 e. The molecule has 1 fully saturated rings. The van der Waals surface area contributed by atoms with E-state index in [4.69, 9.17) is 20.6 Å². The van der Waals surface area contributed by atoms with Gasteiger partial charge in [0.1, 0.15) is 12.1 Å². The number of ether oxygens (including phenoxy) is 2. The highest BCUT2D eigenvalue weighted by atomic mass is 19.1. The molecule has 7 nitrogen and oxygen atoms in total. The number of aromatic nitrogens is 2. The first kappa shape index (κ1) is 16.1. The zero-order valence-corrected chi connectivity index (χ0v) is 13.3. The molecule has 0 aliphatic carbocycles. The number of rotatable bonds is 4. The minimum atomic E-state index is -0.566. The number of nitrogens with two attached hydrogens (primary N) is 1. The molecule has 1 aromatic heterocycles. The van der Waals surface area contributed by atoms with Gasteiger partial charge in [-0.3, -0.25) is 5.41 Å². The summed E-state index contributed by atoms with van der Waals surface area (Å²) in [7, 11) is 1.36. The number of nitrogens with zero attached hydrogens (tertiary/aromatic N) is 3. The lowest BCUT2D eigenvalue weighted by Crippen LogP contribution is -2.36. The molecule has 3 N–H and O–H groups in total. The fourth-order valence-electron chi connectivity index (χ4n) is 2.53. The van der Waals surface area contributed by atoms with Crippen molar-refractivity contribution in [2.24, 2.45) is 0 Å². The minimum Gasteiger partial charge on any atom is -0.494 e. The molecule has 0 radical (unpaired) electrons. The van der Waals surface area contributed by atoms with Crippen LogP contribution in [0.3, 0.4) is 0 Å². The van der Waals surface area contributed by atoms with Gasteiger partial charge < -0.3 is 20.1 Å². The molecular formula is C16H18FN5O2. The van der Waals surface area contributed by atoms with Crippen LogP contribution in [-0.4, -0.2) is 49.1 Å². The minimum absolute atomic E-state index is 0.0337. The van der Waals surface area contributed by atoms with E-state index in [2.05, 4.69) is 14.9 Å². The van der Waals surface area contributed by atoms with E-state index >= 15 is 0 Å². The Morgan fingerprint density at radius 1 is 1.29 bits per heavy atom. The van der Waals surface area contributed by atoms with Crippen molar-refractivity contribution in [3.8, 4) is 5.75 Å². The maximum absolute atomic E-state index is 13.7. The summed E-state index contributed by atoms with van der Waals surface area (Å²) < 4.78 is 24.0. The van der Waals surface area contributed by atoms with Gasteiger partial charge >= 0.3 is 0 Å². The third-order valence-corrected chi connectivity index (χ3v) is 3.84. The van der Waals surface area contributed by atoms with Gasteiger partial charge in [0.25, 0.3) is 0 Å². The number of anilines is 2. The average molecular weight is 331 g/mol. The first-order valence-electron chi connectivity index (χ1n) is 7.47. The van der Waals surface area contributed by atoms with Crippen molar-refractivity contribution in [2.45, 2.75) is 0 Å². The van der Waals surface area contributed by atoms with Gasteiger partial charge in [0.2, 0.25) is 0 Å². The maximum atomic E-state index is 13.7. The van der Waals surface area contributed by atoms with E-state index in [0.29, 0.717) is 24.5 Å². The van der Waals surface area contributed by atoms with E-state index in [1.807, 2.05) is 0 Å². The Balaban J connectivity index is 1.93. The molecule has 1 saturated heterocycles. The number of morpholine rings is 1. The lowest BCUT2D eigenvalue weighted by atomic mass is 10.0. The van der Waals surface area contributed by atoms with E-state index in [1.54, 1.807) is 6.07 Å². The van der Waals surface area contributed by atoms with E-state index in [-0.39, 0.29) is 17.1 Å². The molecule has 8 heteroatoms. The third kappa shape index (κ3) is 3.13. The van der Waals surface area contributed by atoms with Crippen molar-refractivity contribution in [1.29, 1.82) is 5.41 Å². The predicted octanol–water partition coefficient (Wildman–Crippen LogP) is 1.46. The first-order valence-corrected chi connectivity index (χ1v) is 7.47. The Hall–Kier alpha value is -2.74. The molecule has 1 aliphatic heterocycles. The highest BCUT2D eigenvalue weighted by Gasteiger charge is 2.17. The van der Waals surface area contributed by atoms with Crippen LogP contribution in [-0.2, 0) is 4.74 Å². The second kappa shape index (κ2) is 6.79. The molecule has 0 amide bonds. The molecule has 1 aliphatic rings. The normalized spacial score (nSPS) is 14.5. The Labute approximate surface area is 138 Å². The monoisotopic (exact) mass is 331 g/mol. The van der Waals surface area contributed by atoms with Crippen molar-refractivity contribution in [2.75, 3.05) is 44.0 Å². The first-order chi connectivity index (χ1) is 11.6. The summed E-state index contributed by atoms with van der Waals surface area (Å²) in [4.78, 5) is 10.5. The molecule has 0 spiro atoms. The van der Waals surface area contributed by atoms with Gasteiger partial charge in [0, 0.05) is 36.5 Å². The fourth-order valence-corrected chi connectivity index (χ4v) is 2.53. The van der Waals surface area contributed by atoms with Gasteiger partial charge in [-0.2, -0.15) is 0 Å². The quantitative estimate of drug-likeness (QED) is 0.650. The van der Waals surface area contributed by atoms with Crippen molar-refractivity contribution in [3.63, 3.8) is 0 Å². The number of hydrogen-bond donors (Lipinski definition) is 2. The van der Waals surface area contributed by atoms with Gasteiger partial charge in [0.05, 0.1) is 31.7 Å². The Kier molecular flexibility index (Phi) is 4.57. The van der Waals surface area contributed by atoms with E-state index in [1.165, 1.54) is 19.5 Å². The van der Waals surface area contributed by atoms with Gasteiger partial charge in [-0.1, -0.05) is 0 Å². The van der Waals surface area contributed by atoms with Gasteiger partial charge in [-0.15, -0.1) is 0 Å². The number of nitrogens with one attached hydrogen (secondary N) is 1. The Morgan fingerprint density at radius 3 is 2.75 bits per heavy atom. The zero-order valence-electron chi connectivity index (χ0n) is 13.3. The molecular weight excluding hydrogens is 313 g/mol. The predicted molar refractivity (Wildman–Crippen MR) is 88.4 cm³/mol. The summed E-state index contributed by atoms with van der Waals surface area (Å²) in [6.45, 7) is 2.74. The van der Waals surface area contributed by atoms with Crippen LogP contribution < -0.4 is 15.4 Å². The molecule has 1 aromatic carbocycles.